The summed E-state index contributed by atoms with van der Waals surface area (Å²) < 4.78 is 31.1. The van der Waals surface area contributed by atoms with Gasteiger partial charge in [-0.2, -0.15) is 4.31 Å². The molecule has 1 atom stereocenters. The van der Waals surface area contributed by atoms with E-state index in [4.69, 9.17) is 9.84 Å². The van der Waals surface area contributed by atoms with Crippen molar-refractivity contribution >= 4 is 16.0 Å². The average molecular weight is 301 g/mol. The first-order valence-corrected chi connectivity index (χ1v) is 7.39. The Balaban J connectivity index is 2.35. The molecule has 1 aromatic carbocycles. The van der Waals surface area contributed by atoms with Gasteiger partial charge in [0.15, 0.2) is 0 Å². The number of hydrogen-bond donors (Lipinski definition) is 2. The lowest BCUT2D eigenvalue weighted by Crippen LogP contribution is -2.30. The van der Waals surface area contributed by atoms with E-state index in [1.807, 2.05) is 0 Å². The molecule has 0 spiro atoms. The lowest BCUT2D eigenvalue weighted by atomic mass is 10.2. The summed E-state index contributed by atoms with van der Waals surface area (Å²) in [5.41, 5.74) is -0.437. The Morgan fingerprint density at radius 2 is 2.15 bits per heavy atom. The van der Waals surface area contributed by atoms with E-state index in [-0.39, 0.29) is 17.5 Å². The summed E-state index contributed by atoms with van der Waals surface area (Å²) in [5, 5.41) is 18.3. The quantitative estimate of drug-likeness (QED) is 0.839. The molecule has 1 aliphatic rings. The van der Waals surface area contributed by atoms with Crippen LogP contribution in [0.3, 0.4) is 0 Å². The SMILES string of the molecule is COC1CCN(S(=O)(=O)c2ccc(O)c(C(=O)O)c2)C1. The molecule has 1 fully saturated rings. The van der Waals surface area contributed by atoms with Crippen LogP contribution < -0.4 is 0 Å². The van der Waals surface area contributed by atoms with Crippen molar-refractivity contribution in [2.45, 2.75) is 17.4 Å². The molecule has 110 valence electrons. The summed E-state index contributed by atoms with van der Waals surface area (Å²) in [5.74, 6) is -1.84. The van der Waals surface area contributed by atoms with Crippen molar-refractivity contribution in [1.29, 1.82) is 0 Å². The van der Waals surface area contributed by atoms with Gasteiger partial charge in [0.1, 0.15) is 11.3 Å². The summed E-state index contributed by atoms with van der Waals surface area (Å²) in [6.45, 7) is 0.562. The first kappa shape index (κ1) is 14.8. The third-order valence-electron chi connectivity index (χ3n) is 3.28. The topological polar surface area (TPSA) is 104 Å². The molecule has 1 aliphatic heterocycles. The number of aromatic carboxylic acids is 1. The molecule has 7 nitrogen and oxygen atoms in total. The molecule has 0 aromatic heterocycles. The van der Waals surface area contributed by atoms with Gasteiger partial charge in [-0.15, -0.1) is 0 Å². The summed E-state index contributed by atoms with van der Waals surface area (Å²) in [6, 6.07) is 3.23. The van der Waals surface area contributed by atoms with E-state index in [1.54, 1.807) is 0 Å². The molecule has 20 heavy (non-hydrogen) atoms. The Labute approximate surface area is 116 Å². The van der Waals surface area contributed by atoms with Crippen molar-refractivity contribution in [3.8, 4) is 5.75 Å². The van der Waals surface area contributed by atoms with Crippen molar-refractivity contribution in [1.82, 2.24) is 4.31 Å². The molecular formula is C12H15NO6S. The Morgan fingerprint density at radius 3 is 2.70 bits per heavy atom. The molecular weight excluding hydrogens is 286 g/mol. The molecule has 0 radical (unpaired) electrons. The Bertz CT molecular complexity index is 627. The number of benzene rings is 1. The predicted molar refractivity (Wildman–Crippen MR) is 69.2 cm³/mol. The van der Waals surface area contributed by atoms with Crippen LogP contribution in [0.4, 0.5) is 0 Å². The standard InChI is InChI=1S/C12H15NO6S/c1-19-8-4-5-13(7-8)20(17,18)9-2-3-11(14)10(6-9)12(15)16/h2-3,6,8,14H,4-5,7H2,1H3,(H,15,16). The van der Waals surface area contributed by atoms with Crippen LogP contribution in [0.2, 0.25) is 0 Å². The molecule has 1 saturated heterocycles. The highest BCUT2D eigenvalue weighted by Crippen LogP contribution is 2.26. The first-order chi connectivity index (χ1) is 9.36. The minimum absolute atomic E-state index is 0.149. The van der Waals surface area contributed by atoms with Crippen molar-refractivity contribution in [2.24, 2.45) is 0 Å². The van der Waals surface area contributed by atoms with Crippen molar-refractivity contribution in [3.63, 3.8) is 0 Å². The van der Waals surface area contributed by atoms with Gasteiger partial charge in [-0.3, -0.25) is 0 Å². The molecule has 8 heteroatoms. The fourth-order valence-corrected chi connectivity index (χ4v) is 3.62. The number of aromatic hydroxyl groups is 1. The van der Waals surface area contributed by atoms with Crippen LogP contribution in [0.25, 0.3) is 0 Å². The van der Waals surface area contributed by atoms with Gasteiger partial charge >= 0.3 is 5.97 Å². The van der Waals surface area contributed by atoms with Gasteiger partial charge in [0.05, 0.1) is 11.0 Å². The minimum atomic E-state index is -3.78. The van der Waals surface area contributed by atoms with E-state index in [9.17, 15) is 18.3 Å². The summed E-state index contributed by atoms with van der Waals surface area (Å²) in [4.78, 5) is 10.8. The molecule has 1 aromatic rings. The van der Waals surface area contributed by atoms with E-state index >= 15 is 0 Å². The molecule has 0 aliphatic carbocycles. The zero-order valence-electron chi connectivity index (χ0n) is 10.8. The highest BCUT2D eigenvalue weighted by molar-refractivity contribution is 7.89. The van der Waals surface area contributed by atoms with Crippen LogP contribution in [0.1, 0.15) is 16.8 Å². The molecule has 0 saturated carbocycles. The van der Waals surface area contributed by atoms with Crippen LogP contribution in [0.5, 0.6) is 5.75 Å². The molecule has 2 N–H and O–H groups in total. The van der Waals surface area contributed by atoms with Crippen LogP contribution in [-0.4, -0.2) is 55.2 Å². The molecule has 0 bridgehead atoms. The molecule has 0 amide bonds. The largest absolute Gasteiger partial charge is 0.507 e. The van der Waals surface area contributed by atoms with Crippen molar-refractivity contribution in [3.05, 3.63) is 23.8 Å². The van der Waals surface area contributed by atoms with Gasteiger partial charge in [0.25, 0.3) is 0 Å². The number of carboxylic acids is 1. The zero-order chi connectivity index (χ0) is 14.9. The van der Waals surface area contributed by atoms with E-state index in [2.05, 4.69) is 0 Å². The highest BCUT2D eigenvalue weighted by atomic mass is 32.2. The van der Waals surface area contributed by atoms with Gasteiger partial charge in [-0.05, 0) is 24.6 Å². The van der Waals surface area contributed by atoms with Gasteiger partial charge in [0, 0.05) is 20.2 Å². The van der Waals surface area contributed by atoms with E-state index < -0.39 is 27.3 Å². The lowest BCUT2D eigenvalue weighted by Gasteiger charge is -2.16. The predicted octanol–water partition coefficient (Wildman–Crippen LogP) is 0.500. The maximum absolute atomic E-state index is 12.4. The van der Waals surface area contributed by atoms with E-state index in [0.29, 0.717) is 13.0 Å². The number of sulfonamides is 1. The third kappa shape index (κ3) is 2.62. The molecule has 2 rings (SSSR count). The van der Waals surface area contributed by atoms with Gasteiger partial charge in [0.2, 0.25) is 10.0 Å². The van der Waals surface area contributed by atoms with E-state index in [1.165, 1.54) is 17.5 Å². The fourth-order valence-electron chi connectivity index (χ4n) is 2.10. The minimum Gasteiger partial charge on any atom is -0.507 e. The summed E-state index contributed by atoms with van der Waals surface area (Å²) in [7, 11) is -2.26. The summed E-state index contributed by atoms with van der Waals surface area (Å²) >= 11 is 0. The Kier molecular flexibility index (Phi) is 3.98. The number of phenols is 1. The Hall–Kier alpha value is -1.64. The number of carboxylic acid groups (broad SMARTS) is 1. The van der Waals surface area contributed by atoms with E-state index in [0.717, 1.165) is 12.1 Å². The smallest absolute Gasteiger partial charge is 0.339 e. The molecule has 1 unspecified atom stereocenters. The number of carbonyl (C=O) groups is 1. The second kappa shape index (κ2) is 5.39. The fraction of sp³-hybridized carbons (Fsp3) is 0.417. The van der Waals surface area contributed by atoms with Crippen LogP contribution in [0, 0.1) is 0 Å². The van der Waals surface area contributed by atoms with Crippen LogP contribution in [0.15, 0.2) is 23.1 Å². The number of ether oxygens (including phenoxy) is 1. The maximum Gasteiger partial charge on any atom is 0.339 e. The second-order valence-electron chi connectivity index (χ2n) is 4.49. The zero-order valence-corrected chi connectivity index (χ0v) is 11.6. The van der Waals surface area contributed by atoms with Gasteiger partial charge < -0.3 is 14.9 Å². The number of rotatable bonds is 4. The second-order valence-corrected chi connectivity index (χ2v) is 6.43. The lowest BCUT2D eigenvalue weighted by molar-refractivity contribution is 0.0693. The molecule has 1 heterocycles. The van der Waals surface area contributed by atoms with Crippen molar-refractivity contribution in [2.75, 3.05) is 20.2 Å². The number of nitrogens with zero attached hydrogens (tertiary/aromatic N) is 1. The highest BCUT2D eigenvalue weighted by Gasteiger charge is 2.33. The monoisotopic (exact) mass is 301 g/mol. The van der Waals surface area contributed by atoms with Gasteiger partial charge in [-0.1, -0.05) is 0 Å². The van der Waals surface area contributed by atoms with Crippen LogP contribution >= 0.6 is 0 Å². The number of methoxy groups -OCH3 is 1. The summed E-state index contributed by atoms with van der Waals surface area (Å²) in [6.07, 6.45) is 0.445. The van der Waals surface area contributed by atoms with Crippen LogP contribution in [-0.2, 0) is 14.8 Å². The maximum atomic E-state index is 12.4. The average Bonchev–Trinajstić information content (AvgIpc) is 2.88. The normalized spacial score (nSPS) is 20.1. The first-order valence-electron chi connectivity index (χ1n) is 5.95. The van der Waals surface area contributed by atoms with Crippen molar-refractivity contribution < 1.29 is 28.2 Å². The third-order valence-corrected chi connectivity index (χ3v) is 5.14. The number of hydrogen-bond acceptors (Lipinski definition) is 5. The Morgan fingerprint density at radius 1 is 1.45 bits per heavy atom. The van der Waals surface area contributed by atoms with Gasteiger partial charge in [-0.25, -0.2) is 13.2 Å².